The van der Waals surface area contributed by atoms with Crippen molar-refractivity contribution in [1.29, 1.82) is 0 Å². The van der Waals surface area contributed by atoms with Gasteiger partial charge in [0.05, 0.1) is 4.92 Å². The Morgan fingerprint density at radius 2 is 2.21 bits per heavy atom. The Morgan fingerprint density at radius 3 is 2.68 bits per heavy atom. The van der Waals surface area contributed by atoms with E-state index in [0.717, 1.165) is 6.42 Å². The van der Waals surface area contributed by atoms with Crippen molar-refractivity contribution in [2.24, 2.45) is 5.73 Å². The molecule has 0 bridgehead atoms. The largest absolute Gasteiger partial charge is 0.337 e. The number of benzene rings is 1. The standard InChI is InChI=1S/C12H15N3O3.ClH/c1-8-6-9(2-3-11(8)15(17)18)12(16)14-5-4-10(13)7-14;/h2-3,6,10H,4-5,7,13H2,1H3;1H/t10-;/m0./s1. The van der Waals surface area contributed by atoms with E-state index < -0.39 is 4.92 Å². The Bertz CT molecular complexity index is 507. The molecule has 0 spiro atoms. The van der Waals surface area contributed by atoms with E-state index >= 15 is 0 Å². The maximum Gasteiger partial charge on any atom is 0.272 e. The second kappa shape index (κ2) is 5.99. The summed E-state index contributed by atoms with van der Waals surface area (Å²) >= 11 is 0. The summed E-state index contributed by atoms with van der Waals surface area (Å²) in [7, 11) is 0. The minimum Gasteiger partial charge on any atom is -0.337 e. The minimum atomic E-state index is -0.449. The van der Waals surface area contributed by atoms with E-state index in [2.05, 4.69) is 0 Å². The molecule has 1 aliphatic heterocycles. The number of nitrogens with zero attached hydrogens (tertiary/aromatic N) is 2. The summed E-state index contributed by atoms with van der Waals surface area (Å²) < 4.78 is 0. The highest BCUT2D eigenvalue weighted by atomic mass is 35.5. The van der Waals surface area contributed by atoms with Crippen molar-refractivity contribution >= 4 is 24.0 Å². The lowest BCUT2D eigenvalue weighted by atomic mass is 10.1. The Morgan fingerprint density at radius 1 is 1.53 bits per heavy atom. The fourth-order valence-electron chi connectivity index (χ4n) is 2.15. The summed E-state index contributed by atoms with van der Waals surface area (Å²) in [6.07, 6.45) is 0.803. The van der Waals surface area contributed by atoms with E-state index in [1.54, 1.807) is 17.9 Å². The summed E-state index contributed by atoms with van der Waals surface area (Å²) in [5.74, 6) is -0.110. The van der Waals surface area contributed by atoms with E-state index in [1.165, 1.54) is 12.1 Å². The molecule has 7 heteroatoms. The number of rotatable bonds is 2. The number of hydrogen-bond acceptors (Lipinski definition) is 4. The zero-order chi connectivity index (χ0) is 13.3. The molecule has 1 heterocycles. The van der Waals surface area contributed by atoms with Crippen LogP contribution in [0.5, 0.6) is 0 Å². The van der Waals surface area contributed by atoms with Gasteiger partial charge in [-0.15, -0.1) is 12.4 Å². The second-order valence-corrected chi connectivity index (χ2v) is 4.56. The molecule has 0 radical (unpaired) electrons. The molecule has 0 saturated carbocycles. The van der Waals surface area contributed by atoms with Gasteiger partial charge in [0, 0.05) is 36.3 Å². The molecule has 1 aliphatic rings. The molecule has 104 valence electrons. The summed E-state index contributed by atoms with van der Waals surface area (Å²) in [5.41, 5.74) is 6.76. The van der Waals surface area contributed by atoms with Crippen LogP contribution in [0.4, 0.5) is 5.69 Å². The summed E-state index contributed by atoms with van der Waals surface area (Å²) in [6.45, 7) is 2.83. The third-order valence-electron chi connectivity index (χ3n) is 3.15. The van der Waals surface area contributed by atoms with Gasteiger partial charge in [0.15, 0.2) is 0 Å². The van der Waals surface area contributed by atoms with Crippen molar-refractivity contribution in [2.75, 3.05) is 13.1 Å². The van der Waals surface area contributed by atoms with Gasteiger partial charge in [-0.1, -0.05) is 0 Å². The second-order valence-electron chi connectivity index (χ2n) is 4.56. The highest BCUT2D eigenvalue weighted by Gasteiger charge is 2.25. The first-order chi connectivity index (χ1) is 8.49. The number of nitro groups is 1. The molecule has 1 aromatic carbocycles. The molecule has 0 aromatic heterocycles. The molecule has 1 amide bonds. The number of carbonyl (C=O) groups is 1. The van der Waals surface area contributed by atoms with Crippen molar-refractivity contribution in [3.8, 4) is 0 Å². The van der Waals surface area contributed by atoms with Crippen LogP contribution in [0.2, 0.25) is 0 Å². The van der Waals surface area contributed by atoms with Crippen molar-refractivity contribution < 1.29 is 9.72 Å². The molecule has 0 aliphatic carbocycles. The van der Waals surface area contributed by atoms with E-state index in [9.17, 15) is 14.9 Å². The van der Waals surface area contributed by atoms with Crippen LogP contribution < -0.4 is 5.73 Å². The zero-order valence-corrected chi connectivity index (χ0v) is 11.4. The molecule has 0 unspecified atom stereocenters. The monoisotopic (exact) mass is 285 g/mol. The number of amides is 1. The molecule has 2 rings (SSSR count). The number of nitrogens with two attached hydrogens (primary N) is 1. The molecule has 6 nitrogen and oxygen atoms in total. The third-order valence-corrected chi connectivity index (χ3v) is 3.15. The first kappa shape index (κ1) is 15.4. The highest BCUT2D eigenvalue weighted by molar-refractivity contribution is 5.95. The predicted octanol–water partition coefficient (Wildman–Crippen LogP) is 1.50. The van der Waals surface area contributed by atoms with Gasteiger partial charge >= 0.3 is 0 Å². The molecule has 2 N–H and O–H groups in total. The first-order valence-corrected chi connectivity index (χ1v) is 5.79. The van der Waals surface area contributed by atoms with Crippen molar-refractivity contribution in [3.63, 3.8) is 0 Å². The average molecular weight is 286 g/mol. The zero-order valence-electron chi connectivity index (χ0n) is 10.5. The van der Waals surface area contributed by atoms with E-state index in [4.69, 9.17) is 5.73 Å². The number of carbonyl (C=O) groups excluding carboxylic acids is 1. The van der Waals surface area contributed by atoms with Crippen LogP contribution in [0.25, 0.3) is 0 Å². The Balaban J connectivity index is 0.00000180. The van der Waals surface area contributed by atoms with Crippen LogP contribution in [0.1, 0.15) is 22.3 Å². The summed E-state index contributed by atoms with van der Waals surface area (Å²) in [4.78, 5) is 24.1. The number of halogens is 1. The normalized spacial score (nSPS) is 18.0. The molecular formula is C12H16ClN3O3. The van der Waals surface area contributed by atoms with E-state index in [1.807, 2.05) is 0 Å². The quantitative estimate of drug-likeness (QED) is 0.658. The third kappa shape index (κ3) is 3.21. The van der Waals surface area contributed by atoms with E-state index in [-0.39, 0.29) is 30.0 Å². The Labute approximate surface area is 117 Å². The lowest BCUT2D eigenvalue weighted by molar-refractivity contribution is -0.385. The number of hydrogen-bond donors (Lipinski definition) is 1. The van der Waals surface area contributed by atoms with Gasteiger partial charge in [0.25, 0.3) is 11.6 Å². The van der Waals surface area contributed by atoms with Crippen molar-refractivity contribution in [2.45, 2.75) is 19.4 Å². The Hall–Kier alpha value is -1.66. The van der Waals surface area contributed by atoms with Gasteiger partial charge in [-0.2, -0.15) is 0 Å². The molecule has 1 atom stereocenters. The highest BCUT2D eigenvalue weighted by Crippen LogP contribution is 2.20. The molecule has 1 aromatic rings. The van der Waals surface area contributed by atoms with E-state index in [0.29, 0.717) is 24.2 Å². The van der Waals surface area contributed by atoms with Gasteiger partial charge in [0.2, 0.25) is 0 Å². The number of aryl methyl sites for hydroxylation is 1. The number of likely N-dealkylation sites (tertiary alicyclic amines) is 1. The molecule has 1 fully saturated rings. The average Bonchev–Trinajstić information content (AvgIpc) is 2.74. The van der Waals surface area contributed by atoms with Gasteiger partial charge in [-0.05, 0) is 25.5 Å². The maximum atomic E-state index is 12.1. The topological polar surface area (TPSA) is 89.5 Å². The van der Waals surface area contributed by atoms with Crippen LogP contribution in [0.15, 0.2) is 18.2 Å². The van der Waals surface area contributed by atoms with Crippen LogP contribution >= 0.6 is 12.4 Å². The Kier molecular flexibility index (Phi) is 4.85. The lowest BCUT2D eigenvalue weighted by Gasteiger charge is -2.15. The SMILES string of the molecule is Cc1cc(C(=O)N2CC[C@H](N)C2)ccc1[N+](=O)[O-].Cl. The fraction of sp³-hybridized carbons (Fsp3) is 0.417. The van der Waals surface area contributed by atoms with Crippen LogP contribution in [-0.4, -0.2) is 34.9 Å². The first-order valence-electron chi connectivity index (χ1n) is 5.79. The van der Waals surface area contributed by atoms with Gasteiger partial charge in [-0.3, -0.25) is 14.9 Å². The smallest absolute Gasteiger partial charge is 0.272 e. The van der Waals surface area contributed by atoms with Crippen LogP contribution in [0.3, 0.4) is 0 Å². The van der Waals surface area contributed by atoms with Crippen LogP contribution in [-0.2, 0) is 0 Å². The molecule has 1 saturated heterocycles. The predicted molar refractivity (Wildman–Crippen MR) is 73.6 cm³/mol. The summed E-state index contributed by atoms with van der Waals surface area (Å²) in [6, 6.07) is 4.47. The summed E-state index contributed by atoms with van der Waals surface area (Å²) in [5, 5.41) is 10.7. The maximum absolute atomic E-state index is 12.1. The van der Waals surface area contributed by atoms with Gasteiger partial charge < -0.3 is 10.6 Å². The lowest BCUT2D eigenvalue weighted by Crippen LogP contribution is -2.31. The molecule has 19 heavy (non-hydrogen) atoms. The van der Waals surface area contributed by atoms with Crippen LogP contribution in [0, 0.1) is 17.0 Å². The van der Waals surface area contributed by atoms with Gasteiger partial charge in [-0.25, -0.2) is 0 Å². The van der Waals surface area contributed by atoms with Gasteiger partial charge in [0.1, 0.15) is 0 Å². The number of nitro benzene ring substituents is 1. The molecular weight excluding hydrogens is 270 g/mol. The fourth-order valence-corrected chi connectivity index (χ4v) is 2.15. The van der Waals surface area contributed by atoms with Crippen molar-refractivity contribution in [1.82, 2.24) is 4.90 Å². The minimum absolute atomic E-state index is 0. The van der Waals surface area contributed by atoms with Crippen molar-refractivity contribution in [3.05, 3.63) is 39.4 Å².